The lowest BCUT2D eigenvalue weighted by Crippen LogP contribution is -2.55. The second kappa shape index (κ2) is 6.25. The largest absolute Gasteiger partial charge is 0.483 e. The van der Waals surface area contributed by atoms with Gasteiger partial charge in [0, 0.05) is 20.2 Å². The summed E-state index contributed by atoms with van der Waals surface area (Å²) in [7, 11) is 3.50. The maximum Gasteiger partial charge on any atom is 0.483 e. The Morgan fingerprint density at radius 3 is 2.46 bits per heavy atom. The SMILES string of the molecule is C#CCN1C(=O)C(F)(F)Oc2cc(F)c(N3CN(C)C(=S)N(C)C3)cc21. The van der Waals surface area contributed by atoms with Crippen LogP contribution in [0.5, 0.6) is 5.75 Å². The molecule has 0 spiro atoms. The number of amides is 1. The quantitative estimate of drug-likeness (QED) is 0.571. The van der Waals surface area contributed by atoms with E-state index in [9.17, 15) is 18.0 Å². The fraction of sp³-hybridized carbons (Fsp3) is 0.375. The highest BCUT2D eigenvalue weighted by Gasteiger charge is 2.50. The van der Waals surface area contributed by atoms with Gasteiger partial charge < -0.3 is 19.4 Å². The van der Waals surface area contributed by atoms with Crippen molar-refractivity contribution < 1.29 is 22.7 Å². The Hall–Kier alpha value is -2.67. The van der Waals surface area contributed by atoms with Crippen LogP contribution in [0, 0.1) is 18.2 Å². The minimum atomic E-state index is -4.10. The molecule has 0 N–H and O–H groups in total. The summed E-state index contributed by atoms with van der Waals surface area (Å²) in [5.74, 6) is -0.637. The summed E-state index contributed by atoms with van der Waals surface area (Å²) >= 11 is 5.23. The van der Waals surface area contributed by atoms with E-state index in [1.165, 1.54) is 6.07 Å². The number of carbonyl (C=O) groups excluding carboxylic acids is 1. The highest BCUT2D eigenvalue weighted by atomic mass is 32.1. The van der Waals surface area contributed by atoms with Crippen molar-refractivity contribution in [3.8, 4) is 18.1 Å². The van der Waals surface area contributed by atoms with Crippen molar-refractivity contribution in [2.75, 3.05) is 43.8 Å². The number of nitrogens with zero attached hydrogens (tertiary/aromatic N) is 4. The van der Waals surface area contributed by atoms with Gasteiger partial charge in [0.25, 0.3) is 0 Å². The molecule has 6 nitrogen and oxygen atoms in total. The number of thiocarbonyl (C=S) groups is 1. The van der Waals surface area contributed by atoms with Crippen LogP contribution in [-0.2, 0) is 4.79 Å². The Bertz CT molecular complexity index is 812. The standard InChI is InChI=1S/C16H15F3N4O2S/c1-4-5-23-12-7-11(22-8-20(2)15(26)21(3)9-22)10(17)6-13(12)25-16(18,19)14(23)24/h1,6-7H,5,8-9H2,2-3H3. The lowest BCUT2D eigenvalue weighted by molar-refractivity contribution is -0.192. The number of terminal acetylenes is 1. The number of alkyl halides is 2. The molecule has 0 unspecified atom stereocenters. The first-order valence-electron chi connectivity index (χ1n) is 7.52. The molecular weight excluding hydrogens is 369 g/mol. The third kappa shape index (κ3) is 2.88. The van der Waals surface area contributed by atoms with E-state index < -0.39 is 23.6 Å². The maximum atomic E-state index is 14.6. The van der Waals surface area contributed by atoms with Crippen molar-refractivity contribution in [3.05, 3.63) is 17.9 Å². The molecule has 1 aromatic rings. The number of ether oxygens (including phenoxy) is 1. The van der Waals surface area contributed by atoms with Gasteiger partial charge in [0.15, 0.2) is 10.9 Å². The molecule has 138 valence electrons. The van der Waals surface area contributed by atoms with Crippen LogP contribution in [0.3, 0.4) is 0 Å². The Balaban J connectivity index is 2.05. The molecule has 10 heteroatoms. The number of carbonyl (C=O) groups is 1. The van der Waals surface area contributed by atoms with Gasteiger partial charge in [-0.1, -0.05) is 5.92 Å². The first-order valence-corrected chi connectivity index (χ1v) is 7.93. The summed E-state index contributed by atoms with van der Waals surface area (Å²) in [6, 6.07) is 2.12. The molecule has 0 saturated carbocycles. The molecule has 0 atom stereocenters. The summed E-state index contributed by atoms with van der Waals surface area (Å²) in [5.41, 5.74) is 0.113. The summed E-state index contributed by atoms with van der Waals surface area (Å²) < 4.78 is 46.5. The molecule has 1 fully saturated rings. The van der Waals surface area contributed by atoms with Crippen molar-refractivity contribution in [1.82, 2.24) is 9.80 Å². The van der Waals surface area contributed by atoms with Gasteiger partial charge in [-0.3, -0.25) is 9.69 Å². The maximum absolute atomic E-state index is 14.6. The van der Waals surface area contributed by atoms with E-state index in [2.05, 4.69) is 10.7 Å². The zero-order valence-electron chi connectivity index (χ0n) is 14.0. The molecule has 1 amide bonds. The van der Waals surface area contributed by atoms with Crippen molar-refractivity contribution in [2.24, 2.45) is 0 Å². The Labute approximate surface area is 153 Å². The molecule has 0 bridgehead atoms. The number of rotatable bonds is 2. The van der Waals surface area contributed by atoms with Gasteiger partial charge in [-0.05, 0) is 18.3 Å². The number of halogens is 3. The zero-order chi connectivity index (χ0) is 19.2. The first kappa shape index (κ1) is 18.1. The van der Waals surface area contributed by atoms with Crippen molar-refractivity contribution in [3.63, 3.8) is 0 Å². The highest BCUT2D eigenvalue weighted by Crippen LogP contribution is 2.42. The van der Waals surface area contributed by atoms with Gasteiger partial charge >= 0.3 is 12.0 Å². The van der Waals surface area contributed by atoms with E-state index in [1.54, 1.807) is 28.8 Å². The van der Waals surface area contributed by atoms with Crippen LogP contribution in [0.4, 0.5) is 24.5 Å². The topological polar surface area (TPSA) is 39.3 Å². The molecule has 2 aliphatic rings. The Morgan fingerprint density at radius 2 is 1.88 bits per heavy atom. The van der Waals surface area contributed by atoms with Gasteiger partial charge in [0.1, 0.15) is 5.82 Å². The molecule has 3 rings (SSSR count). The van der Waals surface area contributed by atoms with E-state index >= 15 is 0 Å². The first-order chi connectivity index (χ1) is 12.2. The van der Waals surface area contributed by atoms with Crippen molar-refractivity contribution >= 4 is 34.6 Å². The van der Waals surface area contributed by atoms with Gasteiger partial charge in [-0.25, -0.2) is 4.39 Å². The predicted octanol–water partition coefficient (Wildman–Crippen LogP) is 1.66. The normalized spacial score (nSPS) is 19.2. The minimum absolute atomic E-state index is 0.00580. The number of anilines is 2. The second-order valence-corrected chi connectivity index (χ2v) is 6.35. The van der Waals surface area contributed by atoms with E-state index in [0.717, 1.165) is 6.07 Å². The fourth-order valence-corrected chi connectivity index (χ4v) is 3.00. The van der Waals surface area contributed by atoms with Gasteiger partial charge in [0.2, 0.25) is 0 Å². The smallest absolute Gasteiger partial charge is 0.423 e. The van der Waals surface area contributed by atoms with Crippen LogP contribution in [0.2, 0.25) is 0 Å². The van der Waals surface area contributed by atoms with E-state index in [1.807, 2.05) is 0 Å². The molecule has 0 aromatic heterocycles. The second-order valence-electron chi connectivity index (χ2n) is 5.99. The van der Waals surface area contributed by atoms with Crippen LogP contribution in [0.25, 0.3) is 0 Å². The predicted molar refractivity (Wildman–Crippen MR) is 93.5 cm³/mol. The monoisotopic (exact) mass is 384 g/mol. The van der Waals surface area contributed by atoms with Gasteiger partial charge in [-0.15, -0.1) is 6.42 Å². The van der Waals surface area contributed by atoms with Crippen LogP contribution >= 0.6 is 12.2 Å². The van der Waals surface area contributed by atoms with Crippen LogP contribution in [-0.4, -0.2) is 60.9 Å². The average molecular weight is 384 g/mol. The molecule has 0 radical (unpaired) electrons. The average Bonchev–Trinajstić information content (AvgIpc) is 2.56. The lowest BCUT2D eigenvalue weighted by Gasteiger charge is -2.42. The molecular formula is C16H15F3N4O2S. The summed E-state index contributed by atoms with van der Waals surface area (Å²) in [6.45, 7) is 0.192. The van der Waals surface area contributed by atoms with Crippen molar-refractivity contribution in [1.29, 1.82) is 0 Å². The minimum Gasteiger partial charge on any atom is -0.423 e. The third-order valence-electron chi connectivity index (χ3n) is 4.06. The zero-order valence-corrected chi connectivity index (χ0v) is 14.8. The number of fused-ring (bicyclic) bond motifs is 1. The Kier molecular flexibility index (Phi) is 4.36. The number of benzene rings is 1. The van der Waals surface area contributed by atoms with Crippen LogP contribution in [0.1, 0.15) is 0 Å². The van der Waals surface area contributed by atoms with E-state index in [-0.39, 0.29) is 17.9 Å². The van der Waals surface area contributed by atoms with Crippen molar-refractivity contribution in [2.45, 2.75) is 6.11 Å². The highest BCUT2D eigenvalue weighted by molar-refractivity contribution is 7.80. The van der Waals surface area contributed by atoms with E-state index in [4.69, 9.17) is 18.6 Å². The number of hydrogen-bond donors (Lipinski definition) is 0. The fourth-order valence-electron chi connectivity index (χ4n) is 2.89. The Morgan fingerprint density at radius 1 is 1.27 bits per heavy atom. The van der Waals surface area contributed by atoms with Gasteiger partial charge in [-0.2, -0.15) is 8.78 Å². The lowest BCUT2D eigenvalue weighted by atomic mass is 10.1. The molecule has 2 aliphatic heterocycles. The summed E-state index contributed by atoms with van der Waals surface area (Å²) in [5, 5.41) is 0.590. The molecule has 1 saturated heterocycles. The van der Waals surface area contributed by atoms with E-state index in [0.29, 0.717) is 23.3 Å². The summed E-state index contributed by atoms with van der Waals surface area (Å²) in [4.78, 5) is 17.8. The number of hydrogen-bond acceptors (Lipinski definition) is 4. The van der Waals surface area contributed by atoms with Gasteiger partial charge in [0.05, 0.1) is 31.3 Å². The third-order valence-corrected chi connectivity index (χ3v) is 4.68. The molecule has 0 aliphatic carbocycles. The molecule has 26 heavy (non-hydrogen) atoms. The molecule has 1 aromatic carbocycles. The van der Waals surface area contributed by atoms with Crippen LogP contribution < -0.4 is 14.5 Å². The van der Waals surface area contributed by atoms with Crippen LogP contribution in [0.15, 0.2) is 12.1 Å². The molecule has 2 heterocycles. The summed E-state index contributed by atoms with van der Waals surface area (Å²) in [6.07, 6.45) is 1.09.